The van der Waals surface area contributed by atoms with Crippen LogP contribution in [0.3, 0.4) is 0 Å². The lowest BCUT2D eigenvalue weighted by atomic mass is 10.2. The lowest BCUT2D eigenvalue weighted by Gasteiger charge is -2.06. The summed E-state index contributed by atoms with van der Waals surface area (Å²) < 4.78 is 0. The van der Waals surface area contributed by atoms with Crippen molar-refractivity contribution in [3.05, 3.63) is 74.1 Å². The van der Waals surface area contributed by atoms with E-state index in [-0.39, 0.29) is 5.69 Å². The molecule has 0 saturated heterocycles. The lowest BCUT2D eigenvalue weighted by molar-refractivity contribution is 0.0944. The van der Waals surface area contributed by atoms with Crippen LogP contribution >= 0.6 is 23.2 Å². The first-order valence-corrected chi connectivity index (χ1v) is 7.51. The lowest BCUT2D eigenvalue weighted by Crippen LogP contribution is -2.30. The second-order valence-corrected chi connectivity index (χ2v) is 5.68. The Hall–Kier alpha value is -2.37. The van der Waals surface area contributed by atoms with Gasteiger partial charge in [0.05, 0.1) is 21.1 Å². The van der Waals surface area contributed by atoms with E-state index in [1.54, 1.807) is 0 Å². The van der Waals surface area contributed by atoms with Gasteiger partial charge in [-0.3, -0.25) is 9.59 Å². The second-order valence-electron chi connectivity index (χ2n) is 4.87. The fraction of sp³-hybridized carbons (Fsp3) is 0.0625. The van der Waals surface area contributed by atoms with Crippen molar-refractivity contribution in [2.24, 2.45) is 0 Å². The maximum absolute atomic E-state index is 12.2. The zero-order valence-electron chi connectivity index (χ0n) is 11.8. The van der Waals surface area contributed by atoms with Crippen LogP contribution in [0.4, 0.5) is 0 Å². The summed E-state index contributed by atoms with van der Waals surface area (Å²) in [4.78, 5) is 30.9. The number of nitrogens with zero attached hydrogens (tertiary/aromatic N) is 1. The minimum absolute atomic E-state index is 0.216. The smallest absolute Gasteiger partial charge is 0.280 e. The molecule has 116 valence electrons. The number of halogens is 2. The number of benzene rings is 2. The van der Waals surface area contributed by atoms with Gasteiger partial charge in [-0.25, -0.2) is 4.98 Å². The van der Waals surface area contributed by atoms with Gasteiger partial charge in [0.25, 0.3) is 11.5 Å². The fourth-order valence-electron chi connectivity index (χ4n) is 2.10. The summed E-state index contributed by atoms with van der Waals surface area (Å²) in [5, 5.41) is 3.27. The third-order valence-corrected chi connectivity index (χ3v) is 3.97. The van der Waals surface area contributed by atoms with E-state index >= 15 is 0 Å². The number of nitrogens with one attached hydrogen (secondary N) is 2. The van der Waals surface area contributed by atoms with Gasteiger partial charge in [0.15, 0.2) is 5.69 Å². The van der Waals surface area contributed by atoms with E-state index in [1.165, 1.54) is 12.1 Å². The normalized spacial score (nSPS) is 10.7. The first-order valence-electron chi connectivity index (χ1n) is 6.76. The van der Waals surface area contributed by atoms with E-state index < -0.39 is 11.5 Å². The summed E-state index contributed by atoms with van der Waals surface area (Å²) in [6, 6.07) is 12.4. The number of carbonyl (C=O) groups excluding carboxylic acids is 1. The molecule has 7 heteroatoms. The average molecular weight is 348 g/mol. The molecule has 0 atom stereocenters. The van der Waals surface area contributed by atoms with Gasteiger partial charge in [-0.15, -0.1) is 0 Å². The average Bonchev–Trinajstić information content (AvgIpc) is 2.55. The van der Waals surface area contributed by atoms with E-state index in [2.05, 4.69) is 15.3 Å². The van der Waals surface area contributed by atoms with Gasteiger partial charge in [-0.2, -0.15) is 0 Å². The molecule has 1 heterocycles. The summed E-state index contributed by atoms with van der Waals surface area (Å²) >= 11 is 11.8. The highest BCUT2D eigenvalue weighted by Gasteiger charge is 2.14. The second kappa shape index (κ2) is 6.40. The zero-order chi connectivity index (χ0) is 16.4. The quantitative estimate of drug-likeness (QED) is 0.764. The van der Waals surface area contributed by atoms with Gasteiger partial charge in [-0.1, -0.05) is 53.5 Å². The Morgan fingerprint density at radius 2 is 1.83 bits per heavy atom. The summed E-state index contributed by atoms with van der Waals surface area (Å²) in [7, 11) is 0. The molecule has 0 unspecified atom stereocenters. The molecule has 2 N–H and O–H groups in total. The SMILES string of the molecule is O=C(NCc1ccccc1)c1nc2cc(Cl)c(Cl)cc2[nH]c1=O. The van der Waals surface area contributed by atoms with Crippen molar-refractivity contribution in [1.29, 1.82) is 0 Å². The molecular formula is C16H11Cl2N3O2. The van der Waals surface area contributed by atoms with Crippen molar-refractivity contribution < 1.29 is 4.79 Å². The molecule has 0 aliphatic carbocycles. The van der Waals surface area contributed by atoms with Crippen LogP contribution in [0.15, 0.2) is 47.3 Å². The largest absolute Gasteiger partial charge is 0.346 e. The predicted molar refractivity (Wildman–Crippen MR) is 90.0 cm³/mol. The van der Waals surface area contributed by atoms with Crippen LogP contribution in [-0.4, -0.2) is 15.9 Å². The van der Waals surface area contributed by atoms with Crippen LogP contribution in [0.5, 0.6) is 0 Å². The van der Waals surface area contributed by atoms with Crippen molar-refractivity contribution in [3.8, 4) is 0 Å². The molecule has 3 rings (SSSR count). The Kier molecular flexibility index (Phi) is 4.32. The molecule has 0 saturated carbocycles. The maximum Gasteiger partial charge on any atom is 0.280 e. The van der Waals surface area contributed by atoms with Gasteiger partial charge in [0.1, 0.15) is 0 Å². The van der Waals surface area contributed by atoms with Crippen LogP contribution in [0.1, 0.15) is 16.1 Å². The van der Waals surface area contributed by atoms with Crippen LogP contribution < -0.4 is 10.9 Å². The molecule has 1 amide bonds. The first-order chi connectivity index (χ1) is 11.0. The van der Waals surface area contributed by atoms with Crippen LogP contribution in [-0.2, 0) is 6.54 Å². The summed E-state index contributed by atoms with van der Waals surface area (Å²) in [6.45, 7) is 0.306. The molecule has 0 aliphatic rings. The van der Waals surface area contributed by atoms with Crippen LogP contribution in [0, 0.1) is 0 Å². The number of H-pyrrole nitrogens is 1. The minimum Gasteiger partial charge on any atom is -0.346 e. The topological polar surface area (TPSA) is 74.8 Å². The number of hydrogen-bond acceptors (Lipinski definition) is 3. The maximum atomic E-state index is 12.2. The summed E-state index contributed by atoms with van der Waals surface area (Å²) in [5.41, 5.74) is 0.939. The molecule has 0 fully saturated rings. The van der Waals surface area contributed by atoms with E-state index in [0.717, 1.165) is 5.56 Å². The van der Waals surface area contributed by atoms with Crippen molar-refractivity contribution in [2.75, 3.05) is 0 Å². The van der Waals surface area contributed by atoms with E-state index in [9.17, 15) is 9.59 Å². The van der Waals surface area contributed by atoms with Gasteiger partial charge < -0.3 is 10.3 Å². The molecule has 0 spiro atoms. The Morgan fingerprint density at radius 1 is 1.13 bits per heavy atom. The van der Waals surface area contributed by atoms with Crippen molar-refractivity contribution in [2.45, 2.75) is 6.54 Å². The molecule has 23 heavy (non-hydrogen) atoms. The highest BCUT2D eigenvalue weighted by Crippen LogP contribution is 2.25. The standard InChI is InChI=1S/C16H11Cl2N3O2/c17-10-6-12-13(7-11(10)18)21-16(23)14(20-12)15(22)19-8-9-4-2-1-3-5-9/h1-7H,8H2,(H,19,22)(H,21,23). The fourth-order valence-corrected chi connectivity index (χ4v) is 2.42. The van der Waals surface area contributed by atoms with E-state index in [0.29, 0.717) is 27.6 Å². The number of rotatable bonds is 3. The number of fused-ring (bicyclic) bond motifs is 1. The Labute approximate surface area is 141 Å². The molecule has 0 aliphatic heterocycles. The van der Waals surface area contributed by atoms with Crippen molar-refractivity contribution in [3.63, 3.8) is 0 Å². The Bertz CT molecular complexity index is 939. The van der Waals surface area contributed by atoms with Crippen molar-refractivity contribution in [1.82, 2.24) is 15.3 Å². The van der Waals surface area contributed by atoms with Gasteiger partial charge in [0, 0.05) is 6.54 Å². The third-order valence-electron chi connectivity index (χ3n) is 3.25. The monoisotopic (exact) mass is 347 g/mol. The van der Waals surface area contributed by atoms with Gasteiger partial charge in [0.2, 0.25) is 0 Å². The molecule has 2 aromatic carbocycles. The number of aromatic nitrogens is 2. The third kappa shape index (κ3) is 3.36. The molecule has 0 radical (unpaired) electrons. The highest BCUT2D eigenvalue weighted by molar-refractivity contribution is 6.42. The molecule has 1 aromatic heterocycles. The van der Waals surface area contributed by atoms with Crippen molar-refractivity contribution >= 4 is 40.1 Å². The zero-order valence-corrected chi connectivity index (χ0v) is 13.3. The molecule has 0 bridgehead atoms. The Balaban J connectivity index is 1.89. The Morgan fingerprint density at radius 3 is 2.57 bits per heavy atom. The van der Waals surface area contributed by atoms with Gasteiger partial charge >= 0.3 is 0 Å². The number of aromatic amines is 1. The first kappa shape index (κ1) is 15.5. The molecule has 5 nitrogen and oxygen atoms in total. The number of hydrogen-bond donors (Lipinski definition) is 2. The summed E-state index contributed by atoms with van der Waals surface area (Å²) in [6.07, 6.45) is 0. The highest BCUT2D eigenvalue weighted by atomic mass is 35.5. The molecule has 3 aromatic rings. The van der Waals surface area contributed by atoms with E-state index in [1.807, 2.05) is 30.3 Å². The van der Waals surface area contributed by atoms with E-state index in [4.69, 9.17) is 23.2 Å². The molecular weight excluding hydrogens is 337 g/mol. The van der Waals surface area contributed by atoms with Gasteiger partial charge in [-0.05, 0) is 17.7 Å². The summed E-state index contributed by atoms with van der Waals surface area (Å²) in [5.74, 6) is -0.553. The minimum atomic E-state index is -0.582. The number of amides is 1. The number of carbonyl (C=O) groups is 1. The predicted octanol–water partition coefficient (Wildman–Crippen LogP) is 3.16. The van der Waals surface area contributed by atoms with Crippen LogP contribution in [0.25, 0.3) is 11.0 Å². The van der Waals surface area contributed by atoms with Crippen LogP contribution in [0.2, 0.25) is 10.0 Å².